The van der Waals surface area contributed by atoms with E-state index in [1.54, 1.807) is 0 Å². The predicted octanol–water partition coefficient (Wildman–Crippen LogP) is 20.0. The molecule has 0 rings (SSSR count). The molecule has 17 nitrogen and oxygen atoms in total. The minimum absolute atomic E-state index is 0.102. The summed E-state index contributed by atoms with van der Waals surface area (Å²) in [6, 6.07) is 0. The molecule has 0 saturated heterocycles. The fourth-order valence-electron chi connectivity index (χ4n) is 10.6. The SMILES string of the molecule is CCCCCCCCCCCCC(=O)OC[C@H](COP(=O)(O)OC[C@@H](O)COP(=O)(O)OC[C@@H](COC(=O)CCCCCCCCCCC)OC(=O)CCCCCCCCC(C)C)OC(=O)CCCCCCCCCCCCCCCCCCCCC(C)C. The lowest BCUT2D eigenvalue weighted by atomic mass is 10.0. The first-order valence-electron chi connectivity index (χ1n) is 36.5. The molecule has 0 aliphatic heterocycles. The van der Waals surface area contributed by atoms with Crippen LogP contribution in [0.1, 0.15) is 356 Å². The van der Waals surface area contributed by atoms with Crippen LogP contribution >= 0.6 is 15.6 Å². The molecule has 0 aliphatic rings. The highest BCUT2D eigenvalue weighted by atomic mass is 31.2. The van der Waals surface area contributed by atoms with Gasteiger partial charge in [0.2, 0.25) is 0 Å². The average molecular weight is 1310 g/mol. The van der Waals surface area contributed by atoms with Gasteiger partial charge in [-0.3, -0.25) is 37.3 Å². The van der Waals surface area contributed by atoms with Crippen LogP contribution in [0, 0.1) is 11.8 Å². The van der Waals surface area contributed by atoms with Crippen molar-refractivity contribution >= 4 is 39.5 Å². The number of aliphatic hydroxyl groups is 1. The summed E-state index contributed by atoms with van der Waals surface area (Å²) in [5.74, 6) is -0.641. The van der Waals surface area contributed by atoms with Crippen molar-refractivity contribution in [1.82, 2.24) is 0 Å². The number of hydrogen-bond acceptors (Lipinski definition) is 15. The van der Waals surface area contributed by atoms with Crippen LogP contribution in [0.5, 0.6) is 0 Å². The molecule has 0 aromatic rings. The number of carbonyl (C=O) groups is 4. The first-order chi connectivity index (χ1) is 42.9. The highest BCUT2D eigenvalue weighted by molar-refractivity contribution is 7.47. The van der Waals surface area contributed by atoms with Crippen molar-refractivity contribution in [2.45, 2.75) is 374 Å². The Morgan fingerprint density at radius 1 is 0.303 bits per heavy atom. The van der Waals surface area contributed by atoms with E-state index in [1.807, 2.05) is 0 Å². The van der Waals surface area contributed by atoms with E-state index >= 15 is 0 Å². The van der Waals surface area contributed by atoms with Crippen LogP contribution in [0.2, 0.25) is 0 Å². The van der Waals surface area contributed by atoms with Gasteiger partial charge in [-0.15, -0.1) is 0 Å². The monoisotopic (exact) mass is 1310 g/mol. The van der Waals surface area contributed by atoms with Crippen LogP contribution < -0.4 is 0 Å². The Kier molecular flexibility index (Phi) is 60.8. The highest BCUT2D eigenvalue weighted by Gasteiger charge is 2.30. The second-order valence-electron chi connectivity index (χ2n) is 26.2. The van der Waals surface area contributed by atoms with Crippen molar-refractivity contribution in [2.75, 3.05) is 39.6 Å². The third-order valence-electron chi connectivity index (χ3n) is 16.2. The second kappa shape index (κ2) is 62.2. The van der Waals surface area contributed by atoms with Gasteiger partial charge >= 0.3 is 39.5 Å². The van der Waals surface area contributed by atoms with Gasteiger partial charge in [0, 0.05) is 25.7 Å². The number of ether oxygens (including phenoxy) is 4. The largest absolute Gasteiger partial charge is 0.472 e. The minimum Gasteiger partial charge on any atom is -0.462 e. The molecule has 0 fully saturated rings. The molecule has 528 valence electrons. The van der Waals surface area contributed by atoms with Gasteiger partial charge < -0.3 is 33.8 Å². The Morgan fingerprint density at radius 2 is 0.517 bits per heavy atom. The zero-order valence-corrected chi connectivity index (χ0v) is 59.5. The number of carbonyl (C=O) groups excluding carboxylic acids is 4. The number of phosphoric ester groups is 2. The third kappa shape index (κ3) is 64.6. The van der Waals surface area contributed by atoms with Crippen molar-refractivity contribution < 1.29 is 80.2 Å². The normalized spacial score (nSPS) is 14.1. The van der Waals surface area contributed by atoms with E-state index in [-0.39, 0.29) is 25.7 Å². The van der Waals surface area contributed by atoms with Crippen LogP contribution in [0.15, 0.2) is 0 Å². The van der Waals surface area contributed by atoms with Gasteiger partial charge in [-0.25, -0.2) is 9.13 Å². The third-order valence-corrected chi connectivity index (χ3v) is 18.1. The summed E-state index contributed by atoms with van der Waals surface area (Å²) in [7, 11) is -9.89. The molecule has 0 spiro atoms. The second-order valence-corrected chi connectivity index (χ2v) is 29.1. The van der Waals surface area contributed by atoms with Crippen LogP contribution in [0.25, 0.3) is 0 Å². The lowest BCUT2D eigenvalue weighted by Gasteiger charge is -2.21. The van der Waals surface area contributed by atoms with Crippen molar-refractivity contribution in [3.8, 4) is 0 Å². The molecule has 3 N–H and O–H groups in total. The maximum Gasteiger partial charge on any atom is 0.472 e. The molecule has 0 aliphatic carbocycles. The van der Waals surface area contributed by atoms with Crippen molar-refractivity contribution in [2.24, 2.45) is 11.8 Å². The van der Waals surface area contributed by atoms with E-state index in [4.69, 9.17) is 37.0 Å². The summed E-state index contributed by atoms with van der Waals surface area (Å²) >= 11 is 0. The van der Waals surface area contributed by atoms with Crippen molar-refractivity contribution in [3.05, 3.63) is 0 Å². The summed E-state index contributed by atoms with van der Waals surface area (Å²) in [6.07, 6.45) is 47.5. The maximum absolute atomic E-state index is 13.0. The summed E-state index contributed by atoms with van der Waals surface area (Å²) < 4.78 is 68.1. The molecule has 0 saturated carbocycles. The number of hydrogen-bond donors (Lipinski definition) is 3. The average Bonchev–Trinajstić information content (AvgIpc) is 3.63. The van der Waals surface area contributed by atoms with E-state index in [0.29, 0.717) is 31.6 Å². The zero-order chi connectivity index (χ0) is 65.7. The lowest BCUT2D eigenvalue weighted by molar-refractivity contribution is -0.161. The summed E-state index contributed by atoms with van der Waals surface area (Å²) in [5.41, 5.74) is 0. The van der Waals surface area contributed by atoms with E-state index in [2.05, 4.69) is 41.5 Å². The van der Waals surface area contributed by atoms with Crippen LogP contribution in [0.4, 0.5) is 0 Å². The molecular weight excluding hydrogens is 1170 g/mol. The molecule has 89 heavy (non-hydrogen) atoms. The van der Waals surface area contributed by atoms with Crippen LogP contribution in [0.3, 0.4) is 0 Å². The predicted molar refractivity (Wildman–Crippen MR) is 358 cm³/mol. The van der Waals surface area contributed by atoms with Gasteiger partial charge in [0.15, 0.2) is 12.2 Å². The van der Waals surface area contributed by atoms with Crippen molar-refractivity contribution in [3.63, 3.8) is 0 Å². The smallest absolute Gasteiger partial charge is 0.462 e. The van der Waals surface area contributed by atoms with Crippen molar-refractivity contribution in [1.29, 1.82) is 0 Å². The fraction of sp³-hybridized carbons (Fsp3) is 0.943. The summed E-state index contributed by atoms with van der Waals surface area (Å²) in [4.78, 5) is 72.3. The van der Waals surface area contributed by atoms with Gasteiger partial charge in [-0.2, -0.15) is 0 Å². The molecule has 0 bridgehead atoms. The molecule has 2 unspecified atom stereocenters. The molecule has 19 heteroatoms. The number of rotatable bonds is 69. The molecule has 0 aromatic heterocycles. The molecule has 5 atom stereocenters. The van der Waals surface area contributed by atoms with Crippen LogP contribution in [-0.2, 0) is 65.4 Å². The van der Waals surface area contributed by atoms with E-state index < -0.39 is 97.5 Å². The molecular formula is C70H136O17P2. The Morgan fingerprint density at radius 3 is 0.764 bits per heavy atom. The van der Waals surface area contributed by atoms with E-state index in [9.17, 15) is 43.2 Å². The minimum atomic E-state index is -4.95. The number of phosphoric acid groups is 2. The first kappa shape index (κ1) is 87.1. The molecule has 0 aromatic carbocycles. The Labute approximate surface area is 543 Å². The number of esters is 4. The van der Waals surface area contributed by atoms with Gasteiger partial charge in [-0.1, -0.05) is 305 Å². The Balaban J connectivity index is 5.13. The summed E-state index contributed by atoms with van der Waals surface area (Å²) in [5, 5.41) is 10.6. The quantitative estimate of drug-likeness (QED) is 0.0222. The Bertz CT molecular complexity index is 1730. The fourth-order valence-corrected chi connectivity index (χ4v) is 12.2. The van der Waals surface area contributed by atoms with Gasteiger partial charge in [-0.05, 0) is 37.5 Å². The standard InChI is InChI=1S/C70H136O17P2/c1-7-9-11-13-15-17-30-34-41-47-53-68(73)81-58-65(86-69(74)54-48-42-35-31-27-25-23-21-19-18-20-22-24-26-29-32-38-44-50-62(3)4)60-84-88(76,77)82-56-64(71)57-83-89(78,79)85-61-66(87-70(75)55-49-43-37-36-39-45-51-63(5)6)59-80-67(72)52-46-40-33-28-16-14-12-10-8-2/h62-66,71H,7-61H2,1-6H3,(H,76,77)(H,78,79)/t64-,65-,66-/m1/s1. The van der Waals surface area contributed by atoms with E-state index in [1.165, 1.54) is 173 Å². The topological polar surface area (TPSA) is 237 Å². The Hall–Kier alpha value is -1.94. The first-order valence-corrected chi connectivity index (χ1v) is 39.5. The van der Waals surface area contributed by atoms with Gasteiger partial charge in [0.05, 0.1) is 26.4 Å². The van der Waals surface area contributed by atoms with Gasteiger partial charge in [0.25, 0.3) is 0 Å². The molecule has 0 amide bonds. The zero-order valence-electron chi connectivity index (χ0n) is 57.7. The summed E-state index contributed by atoms with van der Waals surface area (Å²) in [6.45, 7) is 9.46. The molecule has 0 radical (unpaired) electrons. The lowest BCUT2D eigenvalue weighted by Crippen LogP contribution is -2.30. The van der Waals surface area contributed by atoms with E-state index in [0.717, 1.165) is 95.8 Å². The molecule has 0 heterocycles. The highest BCUT2D eigenvalue weighted by Crippen LogP contribution is 2.45. The van der Waals surface area contributed by atoms with Crippen LogP contribution in [-0.4, -0.2) is 96.7 Å². The number of unbranched alkanes of at least 4 members (excludes halogenated alkanes) is 39. The van der Waals surface area contributed by atoms with Gasteiger partial charge in [0.1, 0.15) is 19.3 Å². The maximum atomic E-state index is 13.0. The number of aliphatic hydroxyl groups excluding tert-OH is 1.